The van der Waals surface area contributed by atoms with Crippen molar-refractivity contribution in [3.8, 4) is 6.07 Å². The Hall–Kier alpha value is -2.11. The Morgan fingerprint density at radius 3 is 2.42 bits per heavy atom. The molecule has 0 aliphatic carbocycles. The Balaban J connectivity index is 2.18. The molecule has 2 aliphatic rings. The van der Waals surface area contributed by atoms with Gasteiger partial charge in [0.25, 0.3) is 11.5 Å². The number of thiocarbonyl (C=S) groups is 1. The Morgan fingerprint density at radius 2 is 1.87 bits per heavy atom. The van der Waals surface area contributed by atoms with Crippen LogP contribution in [0.2, 0.25) is 0 Å². The Kier molecular flexibility index (Phi) is 6.97. The fourth-order valence-corrected chi connectivity index (χ4v) is 5.84. The molecule has 6 nitrogen and oxygen atoms in total. The van der Waals surface area contributed by atoms with Crippen LogP contribution < -0.4 is 10.5 Å². The van der Waals surface area contributed by atoms with E-state index in [2.05, 4.69) is 38.7 Å². The van der Waals surface area contributed by atoms with Gasteiger partial charge in [0.15, 0.2) is 0 Å². The zero-order chi connectivity index (χ0) is 23.0. The molecule has 0 N–H and O–H groups in total. The van der Waals surface area contributed by atoms with E-state index in [1.807, 2.05) is 6.08 Å². The number of pyridine rings is 1. The van der Waals surface area contributed by atoms with Crippen molar-refractivity contribution < 1.29 is 4.79 Å². The SMILES string of the molecule is Cc1c(/C=C2/SC(=S)N(CC(C)C)C2=O)c(N2CC(C)CC(C)C2)n(C)c(=O)c1C#N. The van der Waals surface area contributed by atoms with E-state index < -0.39 is 0 Å². The summed E-state index contributed by atoms with van der Waals surface area (Å²) in [6, 6.07) is 2.06. The molecule has 0 radical (unpaired) electrons. The maximum absolute atomic E-state index is 13.1. The van der Waals surface area contributed by atoms with Gasteiger partial charge < -0.3 is 4.90 Å². The minimum atomic E-state index is -0.301. The highest BCUT2D eigenvalue weighted by Crippen LogP contribution is 2.37. The maximum atomic E-state index is 13.1. The zero-order valence-corrected chi connectivity index (χ0v) is 20.7. The summed E-state index contributed by atoms with van der Waals surface area (Å²) in [7, 11) is 1.71. The largest absolute Gasteiger partial charge is 0.357 e. The number of piperidine rings is 1. The van der Waals surface area contributed by atoms with Gasteiger partial charge in [-0.25, -0.2) is 0 Å². The molecule has 0 spiro atoms. The molecule has 3 rings (SSSR count). The van der Waals surface area contributed by atoms with Gasteiger partial charge in [-0.15, -0.1) is 0 Å². The van der Waals surface area contributed by atoms with Gasteiger partial charge in [0.2, 0.25) is 0 Å². The summed E-state index contributed by atoms with van der Waals surface area (Å²) in [4.78, 5) is 30.4. The molecule has 31 heavy (non-hydrogen) atoms. The summed E-state index contributed by atoms with van der Waals surface area (Å²) >= 11 is 6.74. The number of nitrogens with zero attached hydrogens (tertiary/aromatic N) is 4. The van der Waals surface area contributed by atoms with Gasteiger partial charge in [0.05, 0.1) is 4.91 Å². The normalized spacial score (nSPS) is 23.2. The fourth-order valence-electron chi connectivity index (χ4n) is 4.58. The van der Waals surface area contributed by atoms with E-state index in [9.17, 15) is 14.9 Å². The van der Waals surface area contributed by atoms with E-state index in [1.165, 1.54) is 11.8 Å². The Bertz CT molecular complexity index is 1040. The van der Waals surface area contributed by atoms with E-state index in [-0.39, 0.29) is 17.0 Å². The zero-order valence-electron chi connectivity index (χ0n) is 19.1. The van der Waals surface area contributed by atoms with Crippen LogP contribution >= 0.6 is 24.0 Å². The number of carbonyl (C=O) groups is 1. The highest BCUT2D eigenvalue weighted by molar-refractivity contribution is 8.26. The number of thioether (sulfide) groups is 1. The van der Waals surface area contributed by atoms with Gasteiger partial charge in [0.1, 0.15) is 21.8 Å². The Labute approximate surface area is 193 Å². The molecule has 8 heteroatoms. The number of amides is 1. The number of aromatic nitrogens is 1. The highest BCUT2D eigenvalue weighted by Gasteiger charge is 2.34. The van der Waals surface area contributed by atoms with Crippen molar-refractivity contribution in [2.45, 2.75) is 41.0 Å². The lowest BCUT2D eigenvalue weighted by molar-refractivity contribution is -0.122. The van der Waals surface area contributed by atoms with Crippen LogP contribution in [-0.2, 0) is 11.8 Å². The van der Waals surface area contributed by atoms with Crippen LogP contribution in [0, 0.1) is 36.0 Å². The second-order valence-electron chi connectivity index (χ2n) is 9.25. The van der Waals surface area contributed by atoms with Crippen molar-refractivity contribution >= 4 is 46.1 Å². The molecule has 2 unspecified atom stereocenters. The van der Waals surface area contributed by atoms with Crippen LogP contribution in [0.4, 0.5) is 5.82 Å². The molecule has 166 valence electrons. The number of carbonyl (C=O) groups excluding carboxylic acids is 1. The van der Waals surface area contributed by atoms with Gasteiger partial charge in [-0.1, -0.05) is 51.7 Å². The lowest BCUT2D eigenvalue weighted by Gasteiger charge is -2.38. The molecule has 2 saturated heterocycles. The van der Waals surface area contributed by atoms with Gasteiger partial charge in [0, 0.05) is 32.2 Å². The lowest BCUT2D eigenvalue weighted by atomic mass is 9.91. The summed E-state index contributed by atoms with van der Waals surface area (Å²) in [6.07, 6.45) is 2.97. The third kappa shape index (κ3) is 4.58. The van der Waals surface area contributed by atoms with Crippen LogP contribution in [0.3, 0.4) is 0 Å². The predicted octanol–water partition coefficient (Wildman–Crippen LogP) is 3.90. The van der Waals surface area contributed by atoms with Gasteiger partial charge in [-0.3, -0.25) is 19.1 Å². The molecule has 2 aliphatic heterocycles. The first-order chi connectivity index (χ1) is 14.5. The van der Waals surface area contributed by atoms with Crippen molar-refractivity contribution in [2.24, 2.45) is 24.8 Å². The average molecular weight is 459 g/mol. The van der Waals surface area contributed by atoms with Crippen molar-refractivity contribution in [1.29, 1.82) is 5.26 Å². The number of hydrogen-bond donors (Lipinski definition) is 0. The smallest absolute Gasteiger partial charge is 0.270 e. The quantitative estimate of drug-likeness (QED) is 0.503. The molecule has 2 fully saturated rings. The standard InChI is InChI=1S/C23H30N4O2S2/c1-13(2)10-27-22(29)19(31-23(27)30)8-17-16(5)18(9-24)21(28)25(6)20(17)26-11-14(3)7-15(4)12-26/h8,13-15H,7,10-12H2,1-6H3/b19-8+. The predicted molar refractivity (Wildman–Crippen MR) is 131 cm³/mol. The minimum Gasteiger partial charge on any atom is -0.357 e. The number of rotatable bonds is 4. The maximum Gasteiger partial charge on any atom is 0.270 e. The average Bonchev–Trinajstić information content (AvgIpc) is 2.93. The summed E-state index contributed by atoms with van der Waals surface area (Å²) < 4.78 is 2.12. The van der Waals surface area contributed by atoms with Crippen molar-refractivity contribution in [3.63, 3.8) is 0 Å². The van der Waals surface area contributed by atoms with Crippen LogP contribution in [-0.4, -0.2) is 39.3 Å². The minimum absolute atomic E-state index is 0.109. The van der Waals surface area contributed by atoms with E-state index >= 15 is 0 Å². The van der Waals surface area contributed by atoms with Crippen molar-refractivity contribution in [1.82, 2.24) is 9.47 Å². The summed E-state index contributed by atoms with van der Waals surface area (Å²) in [5.41, 5.74) is 1.18. The molecular formula is C23H30N4O2S2. The molecule has 2 atom stereocenters. The molecule has 0 saturated carbocycles. The first-order valence-electron chi connectivity index (χ1n) is 10.7. The fraction of sp³-hybridized carbons (Fsp3) is 0.565. The second kappa shape index (κ2) is 9.17. The van der Waals surface area contributed by atoms with Crippen LogP contribution in [0.15, 0.2) is 9.70 Å². The molecule has 1 aromatic heterocycles. The van der Waals surface area contributed by atoms with E-state index in [0.717, 1.165) is 30.9 Å². The number of hydrogen-bond acceptors (Lipinski definition) is 6. The Morgan fingerprint density at radius 1 is 1.26 bits per heavy atom. The van der Waals surface area contributed by atoms with Crippen LogP contribution in [0.5, 0.6) is 0 Å². The third-order valence-corrected chi connectivity index (χ3v) is 7.21. The number of nitriles is 1. The highest BCUT2D eigenvalue weighted by atomic mass is 32.2. The van der Waals surface area contributed by atoms with Crippen molar-refractivity contribution in [2.75, 3.05) is 24.5 Å². The topological polar surface area (TPSA) is 69.3 Å². The molecular weight excluding hydrogens is 428 g/mol. The molecule has 1 aromatic rings. The van der Waals surface area contributed by atoms with Gasteiger partial charge in [-0.2, -0.15) is 5.26 Å². The van der Waals surface area contributed by atoms with Gasteiger partial charge >= 0.3 is 0 Å². The molecule has 3 heterocycles. The third-order valence-electron chi connectivity index (χ3n) is 5.83. The molecule has 1 amide bonds. The molecule has 0 aromatic carbocycles. The monoisotopic (exact) mass is 458 g/mol. The van der Waals surface area contributed by atoms with E-state index in [1.54, 1.807) is 23.4 Å². The van der Waals surface area contributed by atoms with Gasteiger partial charge in [-0.05, 0) is 42.7 Å². The van der Waals surface area contributed by atoms with Crippen LogP contribution in [0.25, 0.3) is 6.08 Å². The summed E-state index contributed by atoms with van der Waals surface area (Å²) in [6.45, 7) is 12.6. The summed E-state index contributed by atoms with van der Waals surface area (Å²) in [5.74, 6) is 1.95. The van der Waals surface area contributed by atoms with Crippen molar-refractivity contribution in [3.05, 3.63) is 31.9 Å². The van der Waals surface area contributed by atoms with E-state index in [4.69, 9.17) is 12.2 Å². The van der Waals surface area contributed by atoms with E-state index in [0.29, 0.717) is 39.1 Å². The second-order valence-corrected chi connectivity index (χ2v) is 10.9. The number of anilines is 1. The first-order valence-corrected chi connectivity index (χ1v) is 11.9. The van der Waals surface area contributed by atoms with Crippen LogP contribution in [0.1, 0.15) is 50.8 Å². The molecule has 0 bridgehead atoms. The lowest BCUT2D eigenvalue weighted by Crippen LogP contribution is -2.42. The summed E-state index contributed by atoms with van der Waals surface area (Å²) in [5, 5.41) is 9.63. The first kappa shape index (κ1) is 23.6.